The Kier molecular flexibility index (Phi) is 7.70. The number of aromatic nitrogens is 1. The molecule has 0 aliphatic heterocycles. The molecule has 1 aliphatic rings. The number of rotatable bonds is 7. The van der Waals surface area contributed by atoms with Gasteiger partial charge in [0, 0.05) is 32.4 Å². The van der Waals surface area contributed by atoms with Gasteiger partial charge in [-0.3, -0.25) is 4.99 Å². The standard InChI is InChI=1S/C18H31N5/c1-15-8-10-16(11-9-15)23-18(19-2)22-14-6-5-13-21-17-7-3-4-12-20-17/h3-4,7,12,15-16H,5-6,8-11,13-14H2,1-2H3,(H,20,21)(H2,19,22,23). The van der Waals surface area contributed by atoms with Crippen molar-refractivity contribution in [1.82, 2.24) is 15.6 Å². The molecule has 23 heavy (non-hydrogen) atoms. The summed E-state index contributed by atoms with van der Waals surface area (Å²) in [5.41, 5.74) is 0. The van der Waals surface area contributed by atoms with Crippen LogP contribution in [0.4, 0.5) is 5.82 Å². The number of hydrogen-bond donors (Lipinski definition) is 3. The van der Waals surface area contributed by atoms with E-state index in [1.807, 2.05) is 31.4 Å². The van der Waals surface area contributed by atoms with Gasteiger partial charge in [-0.25, -0.2) is 4.98 Å². The van der Waals surface area contributed by atoms with Crippen molar-refractivity contribution in [3.63, 3.8) is 0 Å². The number of nitrogens with one attached hydrogen (secondary N) is 3. The van der Waals surface area contributed by atoms with Crippen LogP contribution in [0.5, 0.6) is 0 Å². The van der Waals surface area contributed by atoms with Crippen molar-refractivity contribution in [3.05, 3.63) is 24.4 Å². The monoisotopic (exact) mass is 317 g/mol. The Bertz CT molecular complexity index is 452. The molecule has 0 aromatic carbocycles. The SMILES string of the molecule is CN=C(NCCCCNc1ccccn1)NC1CCC(C)CC1. The van der Waals surface area contributed by atoms with Gasteiger partial charge in [0.25, 0.3) is 0 Å². The minimum absolute atomic E-state index is 0.586. The largest absolute Gasteiger partial charge is 0.370 e. The highest BCUT2D eigenvalue weighted by molar-refractivity contribution is 5.79. The zero-order valence-electron chi connectivity index (χ0n) is 14.5. The van der Waals surface area contributed by atoms with E-state index in [0.29, 0.717) is 6.04 Å². The number of unbranched alkanes of at least 4 members (excludes halogenated alkanes) is 1. The quantitative estimate of drug-likeness (QED) is 0.411. The Morgan fingerprint density at radius 2 is 1.96 bits per heavy atom. The molecule has 5 nitrogen and oxygen atoms in total. The molecule has 128 valence electrons. The van der Waals surface area contributed by atoms with E-state index in [2.05, 4.69) is 32.9 Å². The second-order valence-corrected chi connectivity index (χ2v) is 6.45. The second-order valence-electron chi connectivity index (χ2n) is 6.45. The summed E-state index contributed by atoms with van der Waals surface area (Å²) in [7, 11) is 1.85. The van der Waals surface area contributed by atoms with Crippen LogP contribution >= 0.6 is 0 Å². The number of aliphatic imine (C=N–C) groups is 1. The Morgan fingerprint density at radius 3 is 2.65 bits per heavy atom. The van der Waals surface area contributed by atoms with Gasteiger partial charge in [-0.15, -0.1) is 0 Å². The van der Waals surface area contributed by atoms with Crippen molar-refractivity contribution >= 4 is 11.8 Å². The molecule has 3 N–H and O–H groups in total. The number of hydrogen-bond acceptors (Lipinski definition) is 3. The predicted molar refractivity (Wildman–Crippen MR) is 97.9 cm³/mol. The van der Waals surface area contributed by atoms with Crippen LogP contribution in [0.1, 0.15) is 45.4 Å². The molecule has 1 saturated carbocycles. The fourth-order valence-corrected chi connectivity index (χ4v) is 2.93. The zero-order chi connectivity index (χ0) is 16.3. The lowest BCUT2D eigenvalue weighted by Crippen LogP contribution is -2.45. The first-order valence-electron chi connectivity index (χ1n) is 8.90. The van der Waals surface area contributed by atoms with Crippen molar-refractivity contribution in [2.24, 2.45) is 10.9 Å². The number of guanidine groups is 1. The summed E-state index contributed by atoms with van der Waals surface area (Å²) < 4.78 is 0. The Balaban J connectivity index is 1.53. The van der Waals surface area contributed by atoms with E-state index >= 15 is 0 Å². The number of anilines is 1. The number of pyridine rings is 1. The van der Waals surface area contributed by atoms with Crippen LogP contribution in [0.25, 0.3) is 0 Å². The Morgan fingerprint density at radius 1 is 1.17 bits per heavy atom. The van der Waals surface area contributed by atoms with Crippen molar-refractivity contribution in [2.75, 3.05) is 25.5 Å². The molecular formula is C18H31N5. The second kappa shape index (κ2) is 10.1. The molecule has 0 saturated heterocycles. The maximum Gasteiger partial charge on any atom is 0.191 e. The van der Waals surface area contributed by atoms with Crippen LogP contribution in [-0.4, -0.2) is 37.1 Å². The summed E-state index contributed by atoms with van der Waals surface area (Å²) in [6, 6.07) is 6.51. The fraction of sp³-hybridized carbons (Fsp3) is 0.667. The molecule has 1 aromatic heterocycles. The van der Waals surface area contributed by atoms with Gasteiger partial charge in [0.1, 0.15) is 5.82 Å². The molecular weight excluding hydrogens is 286 g/mol. The Labute approximate surface area is 140 Å². The molecule has 5 heteroatoms. The highest BCUT2D eigenvalue weighted by Gasteiger charge is 2.18. The molecule has 0 atom stereocenters. The molecule has 0 unspecified atom stereocenters. The fourth-order valence-electron chi connectivity index (χ4n) is 2.93. The first kappa shape index (κ1) is 17.6. The lowest BCUT2D eigenvalue weighted by molar-refractivity contribution is 0.329. The van der Waals surface area contributed by atoms with Gasteiger partial charge in [-0.1, -0.05) is 13.0 Å². The topological polar surface area (TPSA) is 61.3 Å². The maximum atomic E-state index is 4.34. The lowest BCUT2D eigenvalue weighted by Gasteiger charge is -2.28. The molecule has 1 aromatic rings. The van der Waals surface area contributed by atoms with Crippen LogP contribution in [-0.2, 0) is 0 Å². The summed E-state index contributed by atoms with van der Waals surface area (Å²) in [5, 5.41) is 10.3. The van der Waals surface area contributed by atoms with Crippen LogP contribution in [0.15, 0.2) is 29.4 Å². The van der Waals surface area contributed by atoms with Crippen LogP contribution < -0.4 is 16.0 Å². The van der Waals surface area contributed by atoms with E-state index in [1.54, 1.807) is 0 Å². The van der Waals surface area contributed by atoms with Gasteiger partial charge in [0.05, 0.1) is 0 Å². The molecule has 2 rings (SSSR count). The van der Waals surface area contributed by atoms with Gasteiger partial charge in [-0.05, 0) is 56.6 Å². The van der Waals surface area contributed by atoms with Gasteiger partial charge in [0.2, 0.25) is 0 Å². The smallest absolute Gasteiger partial charge is 0.191 e. The van der Waals surface area contributed by atoms with E-state index in [1.165, 1.54) is 25.7 Å². The lowest BCUT2D eigenvalue weighted by atomic mass is 9.87. The molecule has 0 bridgehead atoms. The van der Waals surface area contributed by atoms with Crippen LogP contribution in [0, 0.1) is 5.92 Å². The minimum atomic E-state index is 0.586. The maximum absolute atomic E-state index is 4.34. The summed E-state index contributed by atoms with van der Waals surface area (Å²) in [6.45, 7) is 4.25. The first-order chi connectivity index (χ1) is 11.3. The molecule has 1 heterocycles. The molecule has 1 fully saturated rings. The first-order valence-corrected chi connectivity index (χ1v) is 8.90. The predicted octanol–water partition coefficient (Wildman–Crippen LogP) is 3.02. The third-order valence-electron chi connectivity index (χ3n) is 4.45. The highest BCUT2D eigenvalue weighted by Crippen LogP contribution is 2.23. The van der Waals surface area contributed by atoms with E-state index in [9.17, 15) is 0 Å². The highest BCUT2D eigenvalue weighted by atomic mass is 15.2. The average molecular weight is 317 g/mol. The zero-order valence-corrected chi connectivity index (χ0v) is 14.5. The summed E-state index contributed by atoms with van der Waals surface area (Å²) in [5.74, 6) is 2.78. The van der Waals surface area contributed by atoms with Gasteiger partial charge in [0.15, 0.2) is 5.96 Å². The molecule has 0 radical (unpaired) electrons. The van der Waals surface area contributed by atoms with Crippen molar-refractivity contribution < 1.29 is 0 Å². The van der Waals surface area contributed by atoms with Crippen LogP contribution in [0.2, 0.25) is 0 Å². The van der Waals surface area contributed by atoms with Crippen LogP contribution in [0.3, 0.4) is 0 Å². The van der Waals surface area contributed by atoms with E-state index in [-0.39, 0.29) is 0 Å². The van der Waals surface area contributed by atoms with Gasteiger partial charge in [-0.2, -0.15) is 0 Å². The molecule has 0 spiro atoms. The third kappa shape index (κ3) is 6.89. The summed E-state index contributed by atoms with van der Waals surface area (Å²) in [6.07, 6.45) is 9.21. The average Bonchev–Trinajstić information content (AvgIpc) is 2.59. The summed E-state index contributed by atoms with van der Waals surface area (Å²) >= 11 is 0. The van der Waals surface area contributed by atoms with E-state index in [4.69, 9.17) is 0 Å². The van der Waals surface area contributed by atoms with Crippen molar-refractivity contribution in [2.45, 2.75) is 51.5 Å². The summed E-state index contributed by atoms with van der Waals surface area (Å²) in [4.78, 5) is 8.59. The van der Waals surface area contributed by atoms with Gasteiger partial charge >= 0.3 is 0 Å². The molecule has 1 aliphatic carbocycles. The van der Waals surface area contributed by atoms with E-state index in [0.717, 1.165) is 43.6 Å². The van der Waals surface area contributed by atoms with Crippen molar-refractivity contribution in [3.8, 4) is 0 Å². The normalized spacial score (nSPS) is 21.7. The minimum Gasteiger partial charge on any atom is -0.370 e. The third-order valence-corrected chi connectivity index (χ3v) is 4.45. The van der Waals surface area contributed by atoms with E-state index < -0.39 is 0 Å². The van der Waals surface area contributed by atoms with Gasteiger partial charge < -0.3 is 16.0 Å². The molecule has 0 amide bonds. The number of nitrogens with zero attached hydrogens (tertiary/aromatic N) is 2. The van der Waals surface area contributed by atoms with Crippen molar-refractivity contribution in [1.29, 1.82) is 0 Å². The Hall–Kier alpha value is -1.78.